The number of halogens is 3. The average molecular weight is 480 g/mol. The van der Waals surface area contributed by atoms with Crippen molar-refractivity contribution >= 4 is 17.5 Å². The van der Waals surface area contributed by atoms with Crippen LogP contribution < -0.4 is 14.4 Å². The van der Waals surface area contributed by atoms with E-state index in [9.17, 15) is 23.3 Å². The number of hydrogen-bond donors (Lipinski definition) is 0. The quantitative estimate of drug-likeness (QED) is 0.352. The molecule has 0 bridgehead atoms. The van der Waals surface area contributed by atoms with Gasteiger partial charge in [-0.05, 0) is 24.0 Å². The van der Waals surface area contributed by atoms with Gasteiger partial charge in [0.15, 0.2) is 0 Å². The molecule has 1 aromatic carbocycles. The zero-order chi connectivity index (χ0) is 24.3. The first-order chi connectivity index (χ1) is 16.2. The highest BCUT2D eigenvalue weighted by Gasteiger charge is 2.31. The molecule has 0 saturated carbocycles. The summed E-state index contributed by atoms with van der Waals surface area (Å²) in [5.74, 6) is -0.336. The normalized spacial score (nSPS) is 15.4. The Morgan fingerprint density at radius 2 is 2.09 bits per heavy atom. The summed E-state index contributed by atoms with van der Waals surface area (Å²) in [7, 11) is 0. The summed E-state index contributed by atoms with van der Waals surface area (Å²) < 4.78 is 54.3. The topological polar surface area (TPSA) is 118 Å². The van der Waals surface area contributed by atoms with E-state index in [1.807, 2.05) is 6.92 Å². The minimum Gasteiger partial charge on any atom is -0.443 e. The molecule has 11 nitrogen and oxygen atoms in total. The highest BCUT2D eigenvalue weighted by Crippen LogP contribution is 2.29. The Labute approximate surface area is 190 Å². The van der Waals surface area contributed by atoms with Crippen LogP contribution in [0, 0.1) is 10.1 Å². The number of benzene rings is 1. The molecular formula is C20H19F3N6O5. The molecule has 0 N–H and O–H groups in total. The minimum absolute atomic E-state index is 0.168. The lowest BCUT2D eigenvalue weighted by Gasteiger charge is -2.23. The fraction of sp³-hybridized carbons (Fsp3) is 0.350. The van der Waals surface area contributed by atoms with Gasteiger partial charge in [-0.25, -0.2) is 9.97 Å². The molecule has 1 aliphatic rings. The first-order valence-corrected chi connectivity index (χ1v) is 10.1. The third kappa shape index (κ3) is 5.51. The van der Waals surface area contributed by atoms with Crippen LogP contribution in [0.3, 0.4) is 0 Å². The Balaban J connectivity index is 1.38. The second-order valence-electron chi connectivity index (χ2n) is 7.22. The molecule has 3 heterocycles. The number of alkyl halides is 3. The summed E-state index contributed by atoms with van der Waals surface area (Å²) >= 11 is 0. The molecule has 0 unspecified atom stereocenters. The van der Waals surface area contributed by atoms with Crippen molar-refractivity contribution in [1.82, 2.24) is 19.5 Å². The van der Waals surface area contributed by atoms with Crippen LogP contribution in [0.5, 0.6) is 11.8 Å². The zero-order valence-electron chi connectivity index (χ0n) is 17.8. The van der Waals surface area contributed by atoms with Crippen molar-refractivity contribution in [2.24, 2.45) is 0 Å². The van der Waals surface area contributed by atoms with E-state index in [-0.39, 0.29) is 36.9 Å². The van der Waals surface area contributed by atoms with Gasteiger partial charge in [-0.1, -0.05) is 6.07 Å². The van der Waals surface area contributed by atoms with Gasteiger partial charge in [-0.3, -0.25) is 4.57 Å². The third-order valence-corrected chi connectivity index (χ3v) is 4.81. The van der Waals surface area contributed by atoms with Crippen molar-refractivity contribution in [1.29, 1.82) is 0 Å². The number of ether oxygens (including phenoxy) is 3. The van der Waals surface area contributed by atoms with Crippen molar-refractivity contribution in [2.75, 3.05) is 18.1 Å². The summed E-state index contributed by atoms with van der Waals surface area (Å²) in [6, 6.07) is 5.73. The van der Waals surface area contributed by atoms with Gasteiger partial charge in [0, 0.05) is 41.2 Å². The summed E-state index contributed by atoms with van der Waals surface area (Å²) in [5.41, 5.74) is 1.11. The molecule has 0 fully saturated rings. The van der Waals surface area contributed by atoms with Gasteiger partial charge in [0.1, 0.15) is 24.7 Å². The maximum atomic E-state index is 12.5. The molecule has 0 saturated heterocycles. The molecule has 34 heavy (non-hydrogen) atoms. The van der Waals surface area contributed by atoms with E-state index in [4.69, 9.17) is 9.47 Å². The average Bonchev–Trinajstić information content (AvgIpc) is 3.22. The van der Waals surface area contributed by atoms with Crippen LogP contribution in [0.1, 0.15) is 12.5 Å². The van der Waals surface area contributed by atoms with Gasteiger partial charge in [-0.15, -0.1) is 13.2 Å². The van der Waals surface area contributed by atoms with Crippen LogP contribution in [0.15, 0.2) is 42.9 Å². The number of fused-ring (bicyclic) bond motifs is 1. The smallest absolute Gasteiger partial charge is 0.443 e. The molecule has 0 spiro atoms. The number of imidazole rings is 1. The molecule has 14 heteroatoms. The molecule has 180 valence electrons. The standard InChI is InChI=1S/C20H19F3N6O5/c1-2-28(14-4-3-5-15(6-14)34-20(21,22)23)18-24-7-13(8-25-18)11-32-16-9-27-10-17(29(30)31)26-19(27)33-12-16/h3-8,10,16H,2,9,11-12H2,1H3/t16-/m0/s1. The number of nitro groups is 1. The van der Waals surface area contributed by atoms with Crippen LogP contribution in [0.25, 0.3) is 0 Å². The molecule has 2 aromatic heterocycles. The van der Waals surface area contributed by atoms with Crippen molar-refractivity contribution in [2.45, 2.75) is 32.5 Å². The molecular weight excluding hydrogens is 461 g/mol. The minimum atomic E-state index is -4.79. The fourth-order valence-electron chi connectivity index (χ4n) is 3.32. The lowest BCUT2D eigenvalue weighted by molar-refractivity contribution is -0.389. The van der Waals surface area contributed by atoms with E-state index in [1.54, 1.807) is 23.4 Å². The predicted octanol–water partition coefficient (Wildman–Crippen LogP) is 3.62. The molecule has 0 amide bonds. The third-order valence-electron chi connectivity index (χ3n) is 4.81. The maximum Gasteiger partial charge on any atom is 0.573 e. The Hall–Kier alpha value is -3.94. The van der Waals surface area contributed by atoms with E-state index in [0.29, 0.717) is 30.3 Å². The Bertz CT molecular complexity index is 1150. The van der Waals surface area contributed by atoms with Gasteiger partial charge in [0.2, 0.25) is 5.95 Å². The van der Waals surface area contributed by atoms with E-state index in [2.05, 4.69) is 19.7 Å². The lowest BCUT2D eigenvalue weighted by atomic mass is 10.2. The van der Waals surface area contributed by atoms with Crippen LogP contribution in [0.2, 0.25) is 0 Å². The highest BCUT2D eigenvalue weighted by molar-refractivity contribution is 5.59. The largest absolute Gasteiger partial charge is 0.573 e. The number of aromatic nitrogens is 4. The Morgan fingerprint density at radius 3 is 2.76 bits per heavy atom. The monoisotopic (exact) mass is 480 g/mol. The van der Waals surface area contributed by atoms with Gasteiger partial charge >= 0.3 is 18.2 Å². The predicted molar refractivity (Wildman–Crippen MR) is 111 cm³/mol. The zero-order valence-corrected chi connectivity index (χ0v) is 17.8. The second kappa shape index (κ2) is 9.51. The molecule has 3 aromatic rings. The van der Waals surface area contributed by atoms with Crippen molar-refractivity contribution < 1.29 is 32.3 Å². The van der Waals surface area contributed by atoms with E-state index in [0.717, 1.165) is 0 Å². The molecule has 1 aliphatic heterocycles. The molecule has 0 aliphatic carbocycles. The van der Waals surface area contributed by atoms with Crippen molar-refractivity contribution in [3.63, 3.8) is 0 Å². The fourth-order valence-corrected chi connectivity index (χ4v) is 3.32. The van der Waals surface area contributed by atoms with Crippen LogP contribution in [0.4, 0.5) is 30.6 Å². The summed E-state index contributed by atoms with van der Waals surface area (Å²) in [4.78, 5) is 24.3. The lowest BCUT2D eigenvalue weighted by Crippen LogP contribution is -2.32. The molecule has 4 rings (SSSR count). The van der Waals surface area contributed by atoms with Gasteiger partial charge in [-0.2, -0.15) is 0 Å². The molecule has 0 radical (unpaired) electrons. The van der Waals surface area contributed by atoms with Crippen LogP contribution in [-0.2, 0) is 17.9 Å². The first kappa shape index (κ1) is 23.2. The highest BCUT2D eigenvalue weighted by atomic mass is 19.4. The van der Waals surface area contributed by atoms with Gasteiger partial charge in [0.05, 0.1) is 13.2 Å². The van der Waals surface area contributed by atoms with Gasteiger partial charge in [0.25, 0.3) is 0 Å². The van der Waals surface area contributed by atoms with Crippen LogP contribution in [-0.4, -0.2) is 50.1 Å². The van der Waals surface area contributed by atoms with E-state index >= 15 is 0 Å². The summed E-state index contributed by atoms with van der Waals surface area (Å²) in [6.07, 6.45) is -0.747. The summed E-state index contributed by atoms with van der Waals surface area (Å²) in [5, 5.41) is 10.8. The second-order valence-corrected chi connectivity index (χ2v) is 7.22. The molecule has 1 atom stereocenters. The van der Waals surface area contributed by atoms with E-state index in [1.165, 1.54) is 29.0 Å². The number of rotatable bonds is 8. The van der Waals surface area contributed by atoms with Gasteiger partial charge < -0.3 is 29.2 Å². The van der Waals surface area contributed by atoms with E-state index < -0.39 is 11.3 Å². The van der Waals surface area contributed by atoms with Crippen molar-refractivity contribution in [3.05, 3.63) is 58.5 Å². The number of nitrogens with zero attached hydrogens (tertiary/aromatic N) is 6. The maximum absolute atomic E-state index is 12.5. The SMILES string of the molecule is CCN(c1cccc(OC(F)(F)F)c1)c1ncc(CO[C@@H]2COc3nc([N+](=O)[O-])cn3C2)cn1. The number of anilines is 2. The van der Waals surface area contributed by atoms with Crippen LogP contribution >= 0.6 is 0 Å². The van der Waals surface area contributed by atoms with Crippen molar-refractivity contribution in [3.8, 4) is 11.8 Å². The Kier molecular flexibility index (Phi) is 6.49. The number of hydrogen-bond acceptors (Lipinski definition) is 9. The first-order valence-electron chi connectivity index (χ1n) is 10.1. The Morgan fingerprint density at radius 1 is 1.32 bits per heavy atom. The summed E-state index contributed by atoms with van der Waals surface area (Å²) in [6.45, 7) is 2.92.